The zero-order valence-electron chi connectivity index (χ0n) is 11.6. The molecule has 106 valence electrons. The largest absolute Gasteiger partial charge is 0.489 e. The fourth-order valence-corrected chi connectivity index (χ4v) is 3.54. The van der Waals surface area contributed by atoms with Gasteiger partial charge in [-0.3, -0.25) is 0 Å². The number of carboxylic acids is 1. The average molecular weight is 282 g/mol. The summed E-state index contributed by atoms with van der Waals surface area (Å²) >= 11 is 1.34. The molecule has 1 aliphatic rings. The van der Waals surface area contributed by atoms with Crippen LogP contribution in [0.5, 0.6) is 5.75 Å². The van der Waals surface area contributed by atoms with Crippen LogP contribution in [0, 0.1) is 5.92 Å². The van der Waals surface area contributed by atoms with E-state index >= 15 is 0 Å². The van der Waals surface area contributed by atoms with E-state index in [9.17, 15) is 9.90 Å². The number of hydrogen-bond donors (Lipinski definition) is 1. The summed E-state index contributed by atoms with van der Waals surface area (Å²) in [6.07, 6.45) is 6.80. The monoisotopic (exact) mass is 282 g/mol. The topological polar surface area (TPSA) is 46.5 Å². The first-order chi connectivity index (χ1) is 9.13. The Bertz CT molecular complexity index is 431. The minimum atomic E-state index is -0.873. The second-order valence-corrected chi connectivity index (χ2v) is 6.37. The molecule has 1 heterocycles. The third-order valence-corrected chi connectivity index (χ3v) is 5.21. The molecule has 3 nitrogen and oxygen atoms in total. The first kappa shape index (κ1) is 14.4. The van der Waals surface area contributed by atoms with E-state index in [2.05, 4.69) is 6.92 Å². The van der Waals surface area contributed by atoms with Gasteiger partial charge in [-0.25, -0.2) is 4.79 Å². The minimum absolute atomic E-state index is 0.195. The van der Waals surface area contributed by atoms with Crippen LogP contribution in [-0.4, -0.2) is 17.2 Å². The van der Waals surface area contributed by atoms with E-state index < -0.39 is 5.97 Å². The number of aromatic carboxylic acids is 1. The van der Waals surface area contributed by atoms with Gasteiger partial charge in [-0.1, -0.05) is 20.3 Å². The number of rotatable bonds is 5. The first-order valence-corrected chi connectivity index (χ1v) is 7.98. The van der Waals surface area contributed by atoms with Gasteiger partial charge in [0.15, 0.2) is 4.88 Å². The van der Waals surface area contributed by atoms with Gasteiger partial charge >= 0.3 is 5.97 Å². The highest BCUT2D eigenvalue weighted by Crippen LogP contribution is 2.34. The van der Waals surface area contributed by atoms with Crippen molar-refractivity contribution < 1.29 is 14.6 Å². The minimum Gasteiger partial charge on any atom is -0.489 e. The van der Waals surface area contributed by atoms with Crippen molar-refractivity contribution in [2.75, 3.05) is 0 Å². The predicted molar refractivity (Wildman–Crippen MR) is 77.3 cm³/mol. The van der Waals surface area contributed by atoms with Crippen LogP contribution in [0.25, 0.3) is 0 Å². The van der Waals surface area contributed by atoms with Crippen molar-refractivity contribution in [2.24, 2.45) is 5.92 Å². The van der Waals surface area contributed by atoms with Gasteiger partial charge in [0, 0.05) is 4.88 Å². The van der Waals surface area contributed by atoms with E-state index in [1.54, 1.807) is 0 Å². The zero-order chi connectivity index (χ0) is 13.8. The summed E-state index contributed by atoms with van der Waals surface area (Å²) in [7, 11) is 0. The summed E-state index contributed by atoms with van der Waals surface area (Å²) in [6, 6.07) is 1.90. The molecule has 1 N–H and O–H groups in total. The molecule has 0 saturated heterocycles. The molecule has 0 unspecified atom stereocenters. The van der Waals surface area contributed by atoms with Gasteiger partial charge in [0.05, 0.1) is 6.10 Å². The molecule has 0 atom stereocenters. The second-order valence-electron chi connectivity index (χ2n) is 5.23. The lowest BCUT2D eigenvalue weighted by Crippen LogP contribution is -2.24. The molecule has 0 aliphatic heterocycles. The SMILES string of the molecule is CCc1cc(OC2CCC(CC)CC2)c(C(=O)O)s1. The fourth-order valence-electron chi connectivity index (χ4n) is 2.67. The molecule has 0 spiro atoms. The molecular formula is C15H22O3S. The van der Waals surface area contributed by atoms with Crippen molar-refractivity contribution in [1.82, 2.24) is 0 Å². The van der Waals surface area contributed by atoms with Crippen molar-refractivity contribution >= 4 is 17.3 Å². The van der Waals surface area contributed by atoms with E-state index in [0.29, 0.717) is 10.6 Å². The van der Waals surface area contributed by atoms with Crippen LogP contribution < -0.4 is 4.74 Å². The normalized spacial score (nSPS) is 23.3. The van der Waals surface area contributed by atoms with E-state index in [4.69, 9.17) is 4.74 Å². The van der Waals surface area contributed by atoms with Crippen LogP contribution >= 0.6 is 11.3 Å². The number of carboxylic acid groups (broad SMARTS) is 1. The van der Waals surface area contributed by atoms with Crippen LogP contribution in [0.4, 0.5) is 0 Å². The van der Waals surface area contributed by atoms with Crippen molar-refractivity contribution in [3.8, 4) is 5.75 Å². The molecule has 0 aromatic carbocycles. The Hall–Kier alpha value is -1.03. The number of carbonyl (C=O) groups is 1. The van der Waals surface area contributed by atoms with Gasteiger partial charge in [-0.15, -0.1) is 11.3 Å². The van der Waals surface area contributed by atoms with E-state index in [-0.39, 0.29) is 6.10 Å². The van der Waals surface area contributed by atoms with Gasteiger partial charge in [-0.2, -0.15) is 0 Å². The summed E-state index contributed by atoms with van der Waals surface area (Å²) in [5, 5.41) is 9.21. The smallest absolute Gasteiger partial charge is 0.349 e. The summed E-state index contributed by atoms with van der Waals surface area (Å²) < 4.78 is 5.95. The van der Waals surface area contributed by atoms with Gasteiger partial charge in [0.1, 0.15) is 5.75 Å². The molecule has 1 aromatic heterocycles. The zero-order valence-corrected chi connectivity index (χ0v) is 12.5. The van der Waals surface area contributed by atoms with Crippen molar-refractivity contribution in [2.45, 2.75) is 58.5 Å². The molecule has 1 fully saturated rings. The third kappa shape index (κ3) is 3.50. The van der Waals surface area contributed by atoms with Crippen LogP contribution in [0.15, 0.2) is 6.07 Å². The van der Waals surface area contributed by atoms with E-state index in [1.165, 1.54) is 30.6 Å². The van der Waals surface area contributed by atoms with Crippen molar-refractivity contribution in [1.29, 1.82) is 0 Å². The summed E-state index contributed by atoms with van der Waals surface area (Å²) in [4.78, 5) is 12.7. The lowest BCUT2D eigenvalue weighted by Gasteiger charge is -2.28. The van der Waals surface area contributed by atoms with E-state index in [0.717, 1.165) is 30.1 Å². The highest BCUT2D eigenvalue weighted by molar-refractivity contribution is 7.14. The summed E-state index contributed by atoms with van der Waals surface area (Å²) in [5.74, 6) is 0.531. The summed E-state index contributed by atoms with van der Waals surface area (Å²) in [5.41, 5.74) is 0. The molecule has 0 radical (unpaired) electrons. The van der Waals surface area contributed by atoms with Gasteiger partial charge in [0.25, 0.3) is 0 Å². The van der Waals surface area contributed by atoms with Crippen molar-refractivity contribution in [3.05, 3.63) is 15.8 Å². The van der Waals surface area contributed by atoms with Crippen LogP contribution in [0.1, 0.15) is 60.5 Å². The van der Waals surface area contributed by atoms with Crippen LogP contribution in [0.3, 0.4) is 0 Å². The number of ether oxygens (including phenoxy) is 1. The van der Waals surface area contributed by atoms with Gasteiger partial charge in [0.2, 0.25) is 0 Å². The second kappa shape index (κ2) is 6.42. The maximum Gasteiger partial charge on any atom is 0.349 e. The lowest BCUT2D eigenvalue weighted by molar-refractivity contribution is 0.0690. The van der Waals surface area contributed by atoms with Crippen LogP contribution in [0.2, 0.25) is 0 Å². The molecular weight excluding hydrogens is 260 g/mol. The standard InChI is InChI=1S/C15H22O3S/c1-3-10-5-7-11(8-6-10)18-13-9-12(4-2)19-14(13)15(16)17/h9-11H,3-8H2,1-2H3,(H,16,17). The molecule has 1 aliphatic carbocycles. The third-order valence-electron chi connectivity index (χ3n) is 3.96. The number of hydrogen-bond acceptors (Lipinski definition) is 3. The molecule has 19 heavy (non-hydrogen) atoms. The van der Waals surface area contributed by atoms with E-state index in [1.807, 2.05) is 13.0 Å². The van der Waals surface area contributed by atoms with Crippen molar-refractivity contribution in [3.63, 3.8) is 0 Å². The maximum absolute atomic E-state index is 11.2. The Morgan fingerprint density at radius 1 is 1.37 bits per heavy atom. The van der Waals surface area contributed by atoms with Gasteiger partial charge in [-0.05, 0) is 44.1 Å². The van der Waals surface area contributed by atoms with Gasteiger partial charge < -0.3 is 9.84 Å². The lowest BCUT2D eigenvalue weighted by atomic mass is 9.86. The Morgan fingerprint density at radius 2 is 2.05 bits per heavy atom. The average Bonchev–Trinajstić information content (AvgIpc) is 2.83. The highest BCUT2D eigenvalue weighted by Gasteiger charge is 2.24. The molecule has 0 amide bonds. The Labute approximate surface area is 118 Å². The molecule has 1 saturated carbocycles. The molecule has 1 aromatic rings. The Morgan fingerprint density at radius 3 is 2.58 bits per heavy atom. The first-order valence-electron chi connectivity index (χ1n) is 7.16. The molecule has 2 rings (SSSR count). The molecule has 4 heteroatoms. The Kier molecular flexibility index (Phi) is 4.86. The highest BCUT2D eigenvalue weighted by atomic mass is 32.1. The fraction of sp³-hybridized carbons (Fsp3) is 0.667. The maximum atomic E-state index is 11.2. The number of aryl methyl sites for hydroxylation is 1. The summed E-state index contributed by atoms with van der Waals surface area (Å²) in [6.45, 7) is 4.27. The molecule has 0 bridgehead atoms. The Balaban J connectivity index is 2.02. The number of thiophene rings is 1. The predicted octanol–water partition coefficient (Wildman–Crippen LogP) is 4.36. The van der Waals surface area contributed by atoms with Crippen LogP contribution in [-0.2, 0) is 6.42 Å². The quantitative estimate of drug-likeness (QED) is 0.873.